The maximum Gasteiger partial charge on any atom is 0.273 e. The first-order chi connectivity index (χ1) is 7.16. The normalized spacial score (nSPS) is 9.73. The van der Waals surface area contributed by atoms with Crippen molar-refractivity contribution in [3.8, 4) is 6.07 Å². The van der Waals surface area contributed by atoms with Crippen LogP contribution in [-0.2, 0) is 0 Å². The quantitative estimate of drug-likeness (QED) is 0.699. The lowest BCUT2D eigenvalue weighted by atomic mass is 10.2. The molecule has 1 amide bonds. The minimum Gasteiger partial charge on any atom is -0.322 e. The summed E-state index contributed by atoms with van der Waals surface area (Å²) in [5, 5.41) is 8.62. The first kappa shape index (κ1) is 11.2. The first-order valence-electron chi connectivity index (χ1n) is 4.75. The van der Waals surface area contributed by atoms with Gasteiger partial charge in [0.2, 0.25) is 0 Å². The Hall–Kier alpha value is -1.89. The number of hydrogen-bond donors (Lipinski definition) is 0. The van der Waals surface area contributed by atoms with Gasteiger partial charge in [0.1, 0.15) is 12.2 Å². The van der Waals surface area contributed by atoms with Crippen molar-refractivity contribution in [3.05, 3.63) is 30.1 Å². The third-order valence-corrected chi connectivity index (χ3v) is 2.01. The van der Waals surface area contributed by atoms with E-state index in [1.165, 1.54) is 4.90 Å². The van der Waals surface area contributed by atoms with Crippen LogP contribution in [0.5, 0.6) is 0 Å². The molecule has 1 aromatic heterocycles. The van der Waals surface area contributed by atoms with Crippen molar-refractivity contribution in [1.29, 1.82) is 5.26 Å². The third kappa shape index (κ3) is 2.78. The van der Waals surface area contributed by atoms with E-state index in [2.05, 4.69) is 4.98 Å². The highest BCUT2D eigenvalue weighted by Crippen LogP contribution is 2.05. The standard InChI is InChI=1S/C11H13N3O/c1-9(2)14(8-6-12)11(15)10-5-3-4-7-13-10/h3-5,7,9H,8H2,1-2H3. The molecule has 0 N–H and O–H groups in total. The van der Waals surface area contributed by atoms with Crippen LogP contribution in [-0.4, -0.2) is 28.4 Å². The van der Waals surface area contributed by atoms with Crippen LogP contribution in [0.4, 0.5) is 0 Å². The fourth-order valence-corrected chi connectivity index (χ4v) is 1.20. The molecule has 4 nitrogen and oxygen atoms in total. The smallest absolute Gasteiger partial charge is 0.273 e. The predicted octanol–water partition coefficient (Wildman–Crippen LogP) is 1.46. The molecule has 1 aromatic rings. The summed E-state index contributed by atoms with van der Waals surface area (Å²) in [4.78, 5) is 17.3. The monoisotopic (exact) mass is 203 g/mol. The molecule has 0 aliphatic heterocycles. The zero-order valence-electron chi connectivity index (χ0n) is 8.84. The zero-order chi connectivity index (χ0) is 11.3. The second kappa shape index (κ2) is 5.11. The van der Waals surface area contributed by atoms with Gasteiger partial charge in [-0.2, -0.15) is 5.26 Å². The number of nitrogens with zero attached hydrogens (tertiary/aromatic N) is 3. The number of hydrogen-bond acceptors (Lipinski definition) is 3. The number of pyridine rings is 1. The Morgan fingerprint density at radius 1 is 1.60 bits per heavy atom. The first-order valence-corrected chi connectivity index (χ1v) is 4.75. The fraction of sp³-hybridized carbons (Fsp3) is 0.364. The van der Waals surface area contributed by atoms with Gasteiger partial charge >= 0.3 is 0 Å². The molecule has 0 saturated heterocycles. The Kier molecular flexibility index (Phi) is 3.81. The number of nitriles is 1. The van der Waals surface area contributed by atoms with E-state index in [-0.39, 0.29) is 18.5 Å². The summed E-state index contributed by atoms with van der Waals surface area (Å²) in [5.41, 5.74) is 0.376. The van der Waals surface area contributed by atoms with Crippen LogP contribution in [0.25, 0.3) is 0 Å². The van der Waals surface area contributed by atoms with Gasteiger partial charge in [0.05, 0.1) is 6.07 Å². The maximum absolute atomic E-state index is 11.9. The van der Waals surface area contributed by atoms with E-state index in [1.54, 1.807) is 24.4 Å². The molecule has 0 spiro atoms. The SMILES string of the molecule is CC(C)N(CC#N)C(=O)c1ccccn1. The van der Waals surface area contributed by atoms with Crippen molar-refractivity contribution in [2.24, 2.45) is 0 Å². The van der Waals surface area contributed by atoms with Gasteiger partial charge in [0.15, 0.2) is 0 Å². The van der Waals surface area contributed by atoms with E-state index < -0.39 is 0 Å². The number of carbonyl (C=O) groups excluding carboxylic acids is 1. The van der Waals surface area contributed by atoms with Gasteiger partial charge in [-0.05, 0) is 26.0 Å². The van der Waals surface area contributed by atoms with E-state index in [0.717, 1.165) is 0 Å². The summed E-state index contributed by atoms with van der Waals surface area (Å²) < 4.78 is 0. The topological polar surface area (TPSA) is 57.0 Å². The molecule has 1 heterocycles. The number of amides is 1. The average Bonchev–Trinajstić information content (AvgIpc) is 2.26. The number of rotatable bonds is 3. The molecule has 1 rings (SSSR count). The summed E-state index contributed by atoms with van der Waals surface area (Å²) in [6, 6.07) is 7.13. The molecule has 0 aliphatic rings. The minimum atomic E-state index is -0.202. The lowest BCUT2D eigenvalue weighted by molar-refractivity contribution is 0.0725. The van der Waals surface area contributed by atoms with E-state index in [4.69, 9.17) is 5.26 Å². The molecular formula is C11H13N3O. The molecular weight excluding hydrogens is 190 g/mol. The fourth-order valence-electron chi connectivity index (χ4n) is 1.20. The van der Waals surface area contributed by atoms with Gasteiger partial charge in [0, 0.05) is 12.2 Å². The number of carbonyl (C=O) groups is 1. The van der Waals surface area contributed by atoms with Crippen LogP contribution in [0, 0.1) is 11.3 Å². The van der Waals surface area contributed by atoms with Crippen LogP contribution in [0.3, 0.4) is 0 Å². The molecule has 15 heavy (non-hydrogen) atoms. The molecule has 0 saturated carbocycles. The molecule has 78 valence electrons. The largest absolute Gasteiger partial charge is 0.322 e. The molecule has 4 heteroatoms. The van der Waals surface area contributed by atoms with Gasteiger partial charge in [-0.25, -0.2) is 0 Å². The average molecular weight is 203 g/mol. The Morgan fingerprint density at radius 3 is 2.80 bits per heavy atom. The van der Waals surface area contributed by atoms with Crippen molar-refractivity contribution in [2.75, 3.05) is 6.54 Å². The van der Waals surface area contributed by atoms with Crippen molar-refractivity contribution >= 4 is 5.91 Å². The molecule has 0 aliphatic carbocycles. The Bertz CT molecular complexity index is 367. The molecule has 0 fully saturated rings. The molecule has 0 aromatic carbocycles. The van der Waals surface area contributed by atoms with Gasteiger partial charge in [-0.3, -0.25) is 9.78 Å². The third-order valence-electron chi connectivity index (χ3n) is 2.01. The maximum atomic E-state index is 11.9. The number of aromatic nitrogens is 1. The van der Waals surface area contributed by atoms with Gasteiger partial charge in [-0.1, -0.05) is 6.07 Å². The summed E-state index contributed by atoms with van der Waals surface area (Å²) in [6.45, 7) is 3.84. The minimum absolute atomic E-state index is 0.000781. The summed E-state index contributed by atoms with van der Waals surface area (Å²) >= 11 is 0. The van der Waals surface area contributed by atoms with Gasteiger partial charge in [-0.15, -0.1) is 0 Å². The molecule has 0 unspecified atom stereocenters. The predicted molar refractivity (Wildman–Crippen MR) is 56.0 cm³/mol. The summed E-state index contributed by atoms with van der Waals surface area (Å²) in [7, 11) is 0. The van der Waals surface area contributed by atoms with Crippen molar-refractivity contribution < 1.29 is 4.79 Å². The van der Waals surface area contributed by atoms with Gasteiger partial charge in [0.25, 0.3) is 5.91 Å². The van der Waals surface area contributed by atoms with Gasteiger partial charge < -0.3 is 4.90 Å². The molecule has 0 atom stereocenters. The Labute approximate surface area is 89.2 Å². The highest BCUT2D eigenvalue weighted by molar-refractivity contribution is 5.92. The van der Waals surface area contributed by atoms with Crippen molar-refractivity contribution in [1.82, 2.24) is 9.88 Å². The Balaban J connectivity index is 2.87. The molecule has 0 radical (unpaired) electrons. The summed E-state index contributed by atoms with van der Waals surface area (Å²) in [5.74, 6) is -0.202. The van der Waals surface area contributed by atoms with Crippen LogP contribution in [0.15, 0.2) is 24.4 Å². The van der Waals surface area contributed by atoms with E-state index in [1.807, 2.05) is 19.9 Å². The van der Waals surface area contributed by atoms with E-state index in [0.29, 0.717) is 5.69 Å². The lowest BCUT2D eigenvalue weighted by Gasteiger charge is -2.23. The van der Waals surface area contributed by atoms with Crippen molar-refractivity contribution in [3.63, 3.8) is 0 Å². The molecule has 0 bridgehead atoms. The second-order valence-corrected chi connectivity index (χ2v) is 3.40. The van der Waals surface area contributed by atoms with E-state index in [9.17, 15) is 4.79 Å². The highest BCUT2D eigenvalue weighted by atomic mass is 16.2. The zero-order valence-corrected chi connectivity index (χ0v) is 8.84. The Morgan fingerprint density at radius 2 is 2.33 bits per heavy atom. The van der Waals surface area contributed by atoms with Crippen LogP contribution in [0.1, 0.15) is 24.3 Å². The highest BCUT2D eigenvalue weighted by Gasteiger charge is 2.18. The van der Waals surface area contributed by atoms with Crippen LogP contribution < -0.4 is 0 Å². The second-order valence-electron chi connectivity index (χ2n) is 3.40. The van der Waals surface area contributed by atoms with E-state index >= 15 is 0 Å². The van der Waals surface area contributed by atoms with Crippen molar-refractivity contribution in [2.45, 2.75) is 19.9 Å². The lowest BCUT2D eigenvalue weighted by Crippen LogP contribution is -2.37. The van der Waals surface area contributed by atoms with Crippen LogP contribution in [0.2, 0.25) is 0 Å². The van der Waals surface area contributed by atoms with Crippen LogP contribution >= 0.6 is 0 Å². The summed E-state index contributed by atoms with van der Waals surface area (Å²) in [6.07, 6.45) is 1.57.